The van der Waals surface area contributed by atoms with Crippen molar-refractivity contribution >= 4 is 64.6 Å². The van der Waals surface area contributed by atoms with E-state index in [9.17, 15) is 53.1 Å². The van der Waals surface area contributed by atoms with E-state index in [1.165, 1.54) is 12.2 Å². The van der Waals surface area contributed by atoms with E-state index in [2.05, 4.69) is 16.0 Å². The zero-order chi connectivity index (χ0) is 51.1. The number of aliphatic carboxylic acids is 1. The molecule has 0 radical (unpaired) electrons. The van der Waals surface area contributed by atoms with Crippen molar-refractivity contribution in [3.05, 3.63) is 42.0 Å². The van der Waals surface area contributed by atoms with E-state index in [0.717, 1.165) is 4.90 Å². The lowest BCUT2D eigenvalue weighted by Gasteiger charge is -2.26. The molecule has 21 heteroatoms. The summed E-state index contributed by atoms with van der Waals surface area (Å²) >= 11 is 0. The second kappa shape index (κ2) is 33.6. The number of hydrogen-bond donors (Lipinski definition) is 5. The molecule has 1 aliphatic heterocycles. The van der Waals surface area contributed by atoms with Gasteiger partial charge in [-0.2, -0.15) is 0 Å². The standard InChI is InChI=1S/C48H71N5O16/c1-32(2)44(40(56)30-35(7-5-19-50-48(49)64)45(61)51-37-12-9-34(10-13-37)31-69-47(63)33(3)4)52-46(62)36(11-16-43(59)60)29-39(55)18-22-66-24-26-68-28-27-67-25-23-65-21-6-8-38(54)17-20-53-41(57)14-15-42(53)58/h9-10,12-15,32-33,35-36,44H,5-8,11,16-31H2,1-4H3,(H,51,61)(H,52,62)(H,59,60)(H3,49,50,64)/t35-,36-,44+/m1/s1. The lowest BCUT2D eigenvalue weighted by molar-refractivity contribution is -0.148. The number of hydrogen-bond acceptors (Lipinski definition) is 15. The number of nitrogens with two attached hydrogens (primary N) is 1. The molecule has 6 amide bonds. The number of nitrogens with one attached hydrogen (secondary N) is 3. The second-order valence-corrected chi connectivity index (χ2v) is 17.1. The molecule has 384 valence electrons. The van der Waals surface area contributed by atoms with Crippen LogP contribution >= 0.6 is 0 Å². The first-order valence-electron chi connectivity index (χ1n) is 23.4. The van der Waals surface area contributed by atoms with Crippen LogP contribution < -0.4 is 21.7 Å². The molecule has 0 bridgehead atoms. The summed E-state index contributed by atoms with van der Waals surface area (Å²) in [6.07, 6.45) is 2.59. The maximum absolute atomic E-state index is 13.8. The van der Waals surface area contributed by atoms with E-state index in [1.54, 1.807) is 52.0 Å². The molecule has 0 unspecified atom stereocenters. The van der Waals surface area contributed by atoms with Gasteiger partial charge in [-0.1, -0.05) is 39.8 Å². The first kappa shape index (κ1) is 59.2. The van der Waals surface area contributed by atoms with Gasteiger partial charge in [-0.15, -0.1) is 0 Å². The van der Waals surface area contributed by atoms with Crippen LogP contribution in [0.3, 0.4) is 0 Å². The van der Waals surface area contributed by atoms with Gasteiger partial charge in [0.1, 0.15) is 18.2 Å². The van der Waals surface area contributed by atoms with Crippen molar-refractivity contribution < 1.29 is 76.7 Å². The zero-order valence-electron chi connectivity index (χ0n) is 40.3. The van der Waals surface area contributed by atoms with E-state index >= 15 is 0 Å². The van der Waals surface area contributed by atoms with Crippen molar-refractivity contribution in [2.45, 2.75) is 105 Å². The van der Waals surface area contributed by atoms with Gasteiger partial charge in [-0.05, 0) is 49.3 Å². The minimum absolute atomic E-state index is 0.0353. The van der Waals surface area contributed by atoms with Crippen LogP contribution in [0.4, 0.5) is 10.5 Å². The first-order valence-corrected chi connectivity index (χ1v) is 23.4. The number of urea groups is 1. The number of ketones is 3. The van der Waals surface area contributed by atoms with Gasteiger partial charge in [0.15, 0.2) is 5.78 Å². The highest BCUT2D eigenvalue weighted by Gasteiger charge is 2.32. The molecule has 21 nitrogen and oxygen atoms in total. The second-order valence-electron chi connectivity index (χ2n) is 17.1. The Morgan fingerprint density at radius 3 is 1.81 bits per heavy atom. The Bertz CT molecular complexity index is 1870. The predicted molar refractivity (Wildman–Crippen MR) is 249 cm³/mol. The molecular weight excluding hydrogens is 903 g/mol. The molecule has 6 N–H and O–H groups in total. The molecule has 3 atom stereocenters. The number of amides is 6. The van der Waals surface area contributed by atoms with Crippen molar-refractivity contribution in [3.63, 3.8) is 0 Å². The summed E-state index contributed by atoms with van der Waals surface area (Å²) < 4.78 is 27.2. The summed E-state index contributed by atoms with van der Waals surface area (Å²) in [6, 6.07) is 4.83. The SMILES string of the molecule is CC(C)C(=O)OCc1ccc(NC(=O)[C@H](CCCNC(N)=O)CC(=O)[C@@H](NC(=O)[C@H](CCC(=O)O)CC(=O)CCOCCOCCOCCOCCCC(=O)CCN2C(=O)C=CC2=O)C(C)C)cc1. The van der Waals surface area contributed by atoms with E-state index in [4.69, 9.17) is 29.4 Å². The highest BCUT2D eigenvalue weighted by molar-refractivity contribution is 6.13. The molecular formula is C48H71N5O16. The Balaban J connectivity index is 1.77. The molecule has 1 aliphatic rings. The Labute approximate surface area is 403 Å². The average molecular weight is 974 g/mol. The van der Waals surface area contributed by atoms with E-state index in [0.29, 0.717) is 50.5 Å². The number of esters is 1. The van der Waals surface area contributed by atoms with Crippen LogP contribution in [0.2, 0.25) is 0 Å². The number of nitrogens with zero attached hydrogens (tertiary/aromatic N) is 1. The highest BCUT2D eigenvalue weighted by atomic mass is 16.6. The molecule has 0 saturated carbocycles. The van der Waals surface area contributed by atoms with Gasteiger partial charge in [0.05, 0.1) is 58.2 Å². The molecule has 0 aromatic heterocycles. The summed E-state index contributed by atoms with van der Waals surface area (Å²) in [5.74, 6) is -6.98. The van der Waals surface area contributed by atoms with Gasteiger partial charge in [0.2, 0.25) is 11.8 Å². The van der Waals surface area contributed by atoms with Crippen LogP contribution in [-0.4, -0.2) is 141 Å². The van der Waals surface area contributed by atoms with Crippen LogP contribution in [0.1, 0.15) is 97.5 Å². The number of ether oxygens (including phenoxy) is 5. The van der Waals surface area contributed by atoms with Crippen LogP contribution in [-0.2, 0) is 73.4 Å². The van der Waals surface area contributed by atoms with Crippen LogP contribution in [0.25, 0.3) is 0 Å². The first-order chi connectivity index (χ1) is 32.9. The number of anilines is 1. The summed E-state index contributed by atoms with van der Waals surface area (Å²) in [6.45, 7) is 9.18. The zero-order valence-corrected chi connectivity index (χ0v) is 40.3. The number of imide groups is 1. The molecule has 0 fully saturated rings. The van der Waals surface area contributed by atoms with E-state index < -0.39 is 71.6 Å². The Hall–Kier alpha value is -5.90. The van der Waals surface area contributed by atoms with Gasteiger partial charge in [-0.25, -0.2) is 4.79 Å². The van der Waals surface area contributed by atoms with Gasteiger partial charge in [0, 0.05) is 87.9 Å². The average Bonchev–Trinajstić information content (AvgIpc) is 3.62. The van der Waals surface area contributed by atoms with Gasteiger partial charge in [0.25, 0.3) is 11.8 Å². The summed E-state index contributed by atoms with van der Waals surface area (Å²) in [7, 11) is 0. The largest absolute Gasteiger partial charge is 0.481 e. The third-order valence-electron chi connectivity index (χ3n) is 10.7. The summed E-state index contributed by atoms with van der Waals surface area (Å²) in [5, 5.41) is 17.4. The minimum Gasteiger partial charge on any atom is -0.481 e. The molecule has 0 spiro atoms. The van der Waals surface area contributed by atoms with Crippen molar-refractivity contribution in [1.29, 1.82) is 0 Å². The number of carboxylic acid groups (broad SMARTS) is 1. The van der Waals surface area contributed by atoms with Crippen molar-refractivity contribution in [3.8, 4) is 0 Å². The maximum Gasteiger partial charge on any atom is 0.312 e. The van der Waals surface area contributed by atoms with Gasteiger partial charge < -0.3 is 50.5 Å². The summed E-state index contributed by atoms with van der Waals surface area (Å²) in [5.41, 5.74) is 6.32. The fourth-order valence-corrected chi connectivity index (χ4v) is 6.73. The fraction of sp³-hybridized carbons (Fsp3) is 0.625. The Kier molecular flexibility index (Phi) is 28.8. The summed E-state index contributed by atoms with van der Waals surface area (Å²) in [4.78, 5) is 125. The normalized spacial score (nSPS) is 13.6. The lowest BCUT2D eigenvalue weighted by Crippen LogP contribution is -2.48. The molecule has 0 saturated heterocycles. The number of carboxylic acids is 1. The number of carbonyl (C=O) groups is 10. The number of primary amides is 1. The van der Waals surface area contributed by atoms with Crippen LogP contribution in [0.15, 0.2) is 36.4 Å². The van der Waals surface area contributed by atoms with Gasteiger partial charge in [-0.3, -0.25) is 48.1 Å². The smallest absolute Gasteiger partial charge is 0.312 e. The molecule has 1 aromatic rings. The Morgan fingerprint density at radius 2 is 1.25 bits per heavy atom. The van der Waals surface area contributed by atoms with Gasteiger partial charge >= 0.3 is 18.0 Å². The number of carbonyl (C=O) groups excluding carboxylic acids is 9. The maximum atomic E-state index is 13.8. The minimum atomic E-state index is -1.16. The lowest BCUT2D eigenvalue weighted by atomic mass is 9.88. The number of benzene rings is 1. The molecule has 2 rings (SSSR count). The van der Waals surface area contributed by atoms with E-state index in [1.807, 2.05) is 0 Å². The number of Topliss-reactive ketones (excluding diaryl/α,β-unsaturated/α-hetero) is 3. The van der Waals surface area contributed by atoms with Crippen molar-refractivity contribution in [2.24, 2.45) is 29.4 Å². The van der Waals surface area contributed by atoms with E-state index in [-0.39, 0.29) is 115 Å². The monoisotopic (exact) mass is 973 g/mol. The molecule has 1 aromatic carbocycles. The Morgan fingerprint density at radius 1 is 0.667 bits per heavy atom. The third kappa shape index (κ3) is 25.9. The quantitative estimate of drug-likeness (QED) is 0.0360. The van der Waals surface area contributed by atoms with Crippen molar-refractivity contribution in [1.82, 2.24) is 15.5 Å². The predicted octanol–water partition coefficient (Wildman–Crippen LogP) is 3.05. The van der Waals surface area contributed by atoms with Crippen LogP contribution in [0, 0.1) is 23.7 Å². The number of rotatable bonds is 39. The van der Waals surface area contributed by atoms with Crippen LogP contribution in [0.5, 0.6) is 0 Å². The van der Waals surface area contributed by atoms with Crippen molar-refractivity contribution in [2.75, 3.05) is 71.3 Å². The highest BCUT2D eigenvalue weighted by Crippen LogP contribution is 2.21. The molecule has 1 heterocycles. The topological polar surface area (TPSA) is 302 Å². The molecule has 0 aliphatic carbocycles. The third-order valence-corrected chi connectivity index (χ3v) is 10.7. The fourth-order valence-electron chi connectivity index (χ4n) is 6.73. The molecule has 69 heavy (non-hydrogen) atoms.